The average molecular weight is 406 g/mol. The Hall–Kier alpha value is -2.02. The summed E-state index contributed by atoms with van der Waals surface area (Å²) in [7, 11) is 3.90. The lowest BCUT2D eigenvalue weighted by Gasteiger charge is -2.32. The lowest BCUT2D eigenvalue weighted by molar-refractivity contribution is 0.467. The van der Waals surface area contributed by atoms with E-state index in [1.807, 2.05) is 26.2 Å². The van der Waals surface area contributed by atoms with Crippen LogP contribution in [0, 0.1) is 11.7 Å². The topological polar surface area (TPSA) is 46.8 Å². The first-order valence-electron chi connectivity index (χ1n) is 8.19. The molecule has 5 nitrogen and oxygen atoms in total. The number of anilines is 1. The van der Waals surface area contributed by atoms with E-state index in [0.717, 1.165) is 33.4 Å². The highest BCUT2D eigenvalue weighted by molar-refractivity contribution is 9.10. The van der Waals surface area contributed by atoms with E-state index in [0.29, 0.717) is 5.92 Å². The van der Waals surface area contributed by atoms with E-state index in [1.165, 1.54) is 12.1 Å². The van der Waals surface area contributed by atoms with Gasteiger partial charge in [-0.1, -0.05) is 26.0 Å². The van der Waals surface area contributed by atoms with Crippen molar-refractivity contribution < 1.29 is 4.39 Å². The van der Waals surface area contributed by atoms with Crippen molar-refractivity contribution in [1.29, 1.82) is 0 Å². The van der Waals surface area contributed by atoms with Crippen LogP contribution in [-0.4, -0.2) is 32.8 Å². The Kier molecular flexibility index (Phi) is 5.03. The summed E-state index contributed by atoms with van der Waals surface area (Å²) in [4.78, 5) is 11.0. The molecule has 0 spiro atoms. The number of hydrogen-bond acceptors (Lipinski definition) is 4. The van der Waals surface area contributed by atoms with Crippen LogP contribution in [0.15, 0.2) is 35.2 Å². The molecule has 0 saturated heterocycles. The van der Waals surface area contributed by atoms with Crippen molar-refractivity contribution in [3.63, 3.8) is 0 Å². The summed E-state index contributed by atoms with van der Waals surface area (Å²) >= 11 is 3.52. The Bertz CT molecular complexity index is 875. The molecule has 0 fully saturated rings. The predicted octanol–water partition coefficient (Wildman–Crippen LogP) is 3.97. The Balaban J connectivity index is 1.98. The van der Waals surface area contributed by atoms with Crippen LogP contribution in [-0.2, 0) is 13.5 Å². The molecule has 0 radical (unpaired) electrons. The molecule has 0 aliphatic carbocycles. The maximum absolute atomic E-state index is 13.2. The highest BCUT2D eigenvalue weighted by Crippen LogP contribution is 2.31. The fraction of sp³-hybridized carbons (Fsp3) is 0.389. The highest BCUT2D eigenvalue weighted by Gasteiger charge is 2.24. The van der Waals surface area contributed by atoms with E-state index < -0.39 is 0 Å². The normalized spacial score (nSPS) is 12.8. The van der Waals surface area contributed by atoms with Gasteiger partial charge in [-0.25, -0.2) is 19.0 Å². The third kappa shape index (κ3) is 3.51. The molecule has 1 aromatic carbocycles. The van der Waals surface area contributed by atoms with Crippen LogP contribution in [0.4, 0.5) is 10.2 Å². The van der Waals surface area contributed by atoms with Gasteiger partial charge in [0.15, 0.2) is 5.65 Å². The average Bonchev–Trinajstić information content (AvgIpc) is 2.88. The standard InChI is InChI=1S/C18H21BrFN5/c1-11(2)14(9-12-5-7-13(20)8-6-12)24(3)17-15-16(19)23-25(4)18(15)22-10-21-17/h5-8,10-11,14H,9H2,1-4H3. The van der Waals surface area contributed by atoms with Crippen molar-refractivity contribution in [1.82, 2.24) is 19.7 Å². The Labute approximate surface area is 155 Å². The van der Waals surface area contributed by atoms with E-state index in [1.54, 1.807) is 11.0 Å². The zero-order valence-corrected chi connectivity index (χ0v) is 16.3. The van der Waals surface area contributed by atoms with Gasteiger partial charge >= 0.3 is 0 Å². The zero-order chi connectivity index (χ0) is 18.1. The van der Waals surface area contributed by atoms with E-state index in [9.17, 15) is 4.39 Å². The Morgan fingerprint density at radius 1 is 1.20 bits per heavy atom. The van der Waals surface area contributed by atoms with E-state index in [4.69, 9.17) is 0 Å². The van der Waals surface area contributed by atoms with Gasteiger partial charge in [-0.15, -0.1) is 0 Å². The second kappa shape index (κ2) is 7.07. The first kappa shape index (κ1) is 17.8. The molecule has 2 aromatic heterocycles. The van der Waals surface area contributed by atoms with Gasteiger partial charge in [0.2, 0.25) is 0 Å². The minimum Gasteiger partial charge on any atom is -0.355 e. The van der Waals surface area contributed by atoms with Crippen molar-refractivity contribution in [3.05, 3.63) is 46.6 Å². The third-order valence-corrected chi connectivity index (χ3v) is 5.07. The molecule has 25 heavy (non-hydrogen) atoms. The molecule has 0 amide bonds. The minimum atomic E-state index is -0.213. The number of aryl methyl sites for hydroxylation is 1. The number of hydrogen-bond donors (Lipinski definition) is 0. The summed E-state index contributed by atoms with van der Waals surface area (Å²) < 4.78 is 15.7. The summed E-state index contributed by atoms with van der Waals surface area (Å²) in [5.74, 6) is 1.01. The Morgan fingerprint density at radius 2 is 1.88 bits per heavy atom. The lowest BCUT2D eigenvalue weighted by Crippen LogP contribution is -2.38. The van der Waals surface area contributed by atoms with Crippen LogP contribution in [0.5, 0.6) is 0 Å². The van der Waals surface area contributed by atoms with Crippen LogP contribution >= 0.6 is 15.9 Å². The van der Waals surface area contributed by atoms with Crippen LogP contribution < -0.4 is 4.90 Å². The molecule has 3 aromatic rings. The first-order chi connectivity index (χ1) is 11.9. The van der Waals surface area contributed by atoms with Gasteiger partial charge < -0.3 is 4.90 Å². The van der Waals surface area contributed by atoms with Gasteiger partial charge in [0.25, 0.3) is 0 Å². The molecule has 2 heterocycles. The second-order valence-electron chi connectivity index (χ2n) is 6.56. The molecule has 1 unspecified atom stereocenters. The van der Waals surface area contributed by atoms with E-state index in [2.05, 4.69) is 49.7 Å². The summed E-state index contributed by atoms with van der Waals surface area (Å²) in [6, 6.07) is 6.90. The molecule has 0 N–H and O–H groups in total. The summed E-state index contributed by atoms with van der Waals surface area (Å²) in [6.45, 7) is 4.36. The SMILES string of the molecule is CC(C)C(Cc1ccc(F)cc1)N(C)c1ncnc2c1c(Br)nn2C. The molecular formula is C18H21BrFN5. The molecule has 1 atom stereocenters. The maximum atomic E-state index is 13.2. The van der Waals surface area contributed by atoms with Crippen LogP contribution in [0.3, 0.4) is 0 Å². The summed E-state index contributed by atoms with van der Waals surface area (Å²) in [5, 5.41) is 5.29. The number of rotatable bonds is 5. The minimum absolute atomic E-state index is 0.204. The molecule has 0 saturated carbocycles. The fourth-order valence-corrected chi connectivity index (χ4v) is 3.73. The number of benzene rings is 1. The lowest BCUT2D eigenvalue weighted by atomic mass is 9.95. The zero-order valence-electron chi connectivity index (χ0n) is 14.7. The number of likely N-dealkylation sites (N-methyl/N-ethyl adjacent to an activating group) is 1. The molecule has 7 heteroatoms. The van der Waals surface area contributed by atoms with Gasteiger partial charge in [-0.3, -0.25) is 0 Å². The number of halogens is 2. The van der Waals surface area contributed by atoms with Gasteiger partial charge in [-0.2, -0.15) is 5.10 Å². The van der Waals surface area contributed by atoms with Gasteiger partial charge in [0.05, 0.1) is 5.39 Å². The number of aromatic nitrogens is 4. The predicted molar refractivity (Wildman–Crippen MR) is 101 cm³/mol. The van der Waals surface area contributed by atoms with E-state index >= 15 is 0 Å². The van der Waals surface area contributed by atoms with Crippen molar-refractivity contribution in [2.75, 3.05) is 11.9 Å². The highest BCUT2D eigenvalue weighted by atomic mass is 79.9. The van der Waals surface area contributed by atoms with Gasteiger partial charge in [0, 0.05) is 20.1 Å². The molecule has 0 aliphatic rings. The van der Waals surface area contributed by atoms with Crippen LogP contribution in [0.25, 0.3) is 11.0 Å². The van der Waals surface area contributed by atoms with Gasteiger partial charge in [0.1, 0.15) is 22.6 Å². The third-order valence-electron chi connectivity index (χ3n) is 4.52. The number of nitrogens with zero attached hydrogens (tertiary/aromatic N) is 5. The van der Waals surface area contributed by atoms with Crippen LogP contribution in [0.1, 0.15) is 19.4 Å². The smallest absolute Gasteiger partial charge is 0.164 e. The second-order valence-corrected chi connectivity index (χ2v) is 7.31. The van der Waals surface area contributed by atoms with Crippen LogP contribution in [0.2, 0.25) is 0 Å². The molecule has 0 aliphatic heterocycles. The van der Waals surface area contributed by atoms with E-state index in [-0.39, 0.29) is 11.9 Å². The largest absolute Gasteiger partial charge is 0.355 e. The monoisotopic (exact) mass is 405 g/mol. The quantitative estimate of drug-likeness (QED) is 0.644. The fourth-order valence-electron chi connectivity index (χ4n) is 3.13. The van der Waals surface area contributed by atoms with Crippen molar-refractivity contribution in [3.8, 4) is 0 Å². The molecule has 132 valence electrons. The van der Waals surface area contributed by atoms with Crippen molar-refractivity contribution in [2.45, 2.75) is 26.3 Å². The molecule has 0 bridgehead atoms. The molecule has 3 rings (SSSR count). The Morgan fingerprint density at radius 3 is 2.52 bits per heavy atom. The molecular weight excluding hydrogens is 385 g/mol. The van der Waals surface area contributed by atoms with Crippen molar-refractivity contribution in [2.24, 2.45) is 13.0 Å². The van der Waals surface area contributed by atoms with Gasteiger partial charge in [-0.05, 0) is 46.0 Å². The summed E-state index contributed by atoms with van der Waals surface area (Å²) in [5.41, 5.74) is 1.88. The maximum Gasteiger partial charge on any atom is 0.164 e. The first-order valence-corrected chi connectivity index (χ1v) is 8.98. The van der Waals surface area contributed by atoms with Crippen molar-refractivity contribution >= 4 is 32.8 Å². The number of fused-ring (bicyclic) bond motifs is 1. The summed E-state index contributed by atoms with van der Waals surface area (Å²) in [6.07, 6.45) is 2.37.